The number of carbonyl (C=O) groups excluding carboxylic acids is 2. The number of pyridine rings is 1. The normalized spacial score (nSPS) is 11.3. The van der Waals surface area contributed by atoms with E-state index < -0.39 is 23.9 Å². The highest BCUT2D eigenvalue weighted by Gasteiger charge is 2.32. The molecule has 2 aromatic heterocycles. The standard InChI is InChI=1S/C17H12ClF3N4O3/c18-11-5-9(1-2-14(11)28-17(19,20)21)6-24-15(26)16(27)25-13-8-23-12-3-4-22-7-10(12)13/h1-5,7-8,23H,6H2,(H,24,26)(H,25,27). The van der Waals surface area contributed by atoms with Crippen molar-refractivity contribution in [3.63, 3.8) is 0 Å². The van der Waals surface area contributed by atoms with E-state index in [1.165, 1.54) is 24.5 Å². The number of nitrogens with one attached hydrogen (secondary N) is 3. The highest BCUT2D eigenvalue weighted by molar-refractivity contribution is 6.40. The van der Waals surface area contributed by atoms with Gasteiger partial charge in [-0.3, -0.25) is 14.6 Å². The van der Waals surface area contributed by atoms with Crippen LogP contribution in [0.2, 0.25) is 5.02 Å². The summed E-state index contributed by atoms with van der Waals surface area (Å²) < 4.78 is 40.4. The molecule has 2 amide bonds. The van der Waals surface area contributed by atoms with Crippen LogP contribution in [0.4, 0.5) is 18.9 Å². The van der Waals surface area contributed by atoms with Gasteiger partial charge in [0.25, 0.3) is 0 Å². The van der Waals surface area contributed by atoms with Gasteiger partial charge in [-0.15, -0.1) is 13.2 Å². The van der Waals surface area contributed by atoms with E-state index in [1.54, 1.807) is 12.3 Å². The van der Waals surface area contributed by atoms with Crippen LogP contribution in [0.1, 0.15) is 5.56 Å². The van der Waals surface area contributed by atoms with Crippen molar-refractivity contribution in [1.29, 1.82) is 0 Å². The number of nitrogens with zero attached hydrogens (tertiary/aromatic N) is 1. The van der Waals surface area contributed by atoms with Crippen LogP contribution in [0.3, 0.4) is 0 Å². The molecule has 0 spiro atoms. The Balaban J connectivity index is 1.59. The van der Waals surface area contributed by atoms with Gasteiger partial charge in [-0.25, -0.2) is 0 Å². The zero-order chi connectivity index (χ0) is 20.3. The lowest BCUT2D eigenvalue weighted by atomic mass is 10.2. The topological polar surface area (TPSA) is 96.1 Å². The number of alkyl halides is 3. The number of hydrogen-bond acceptors (Lipinski definition) is 4. The summed E-state index contributed by atoms with van der Waals surface area (Å²) in [5.74, 6) is -2.40. The lowest BCUT2D eigenvalue weighted by molar-refractivity contribution is -0.274. The number of aromatic amines is 1. The van der Waals surface area contributed by atoms with E-state index in [0.717, 1.165) is 11.6 Å². The largest absolute Gasteiger partial charge is 0.573 e. The lowest BCUT2D eigenvalue weighted by Gasteiger charge is -2.11. The second-order valence-corrected chi connectivity index (χ2v) is 5.98. The first kappa shape index (κ1) is 19.5. The first-order valence-corrected chi connectivity index (χ1v) is 8.15. The number of ether oxygens (including phenoxy) is 1. The molecule has 2 heterocycles. The van der Waals surface area contributed by atoms with E-state index in [9.17, 15) is 22.8 Å². The Bertz CT molecular complexity index is 1040. The number of rotatable bonds is 4. The fourth-order valence-electron chi connectivity index (χ4n) is 2.37. The summed E-state index contributed by atoms with van der Waals surface area (Å²) in [7, 11) is 0. The molecule has 0 saturated heterocycles. The van der Waals surface area contributed by atoms with Crippen molar-refractivity contribution in [1.82, 2.24) is 15.3 Å². The molecule has 0 atom stereocenters. The third kappa shape index (κ3) is 4.71. The van der Waals surface area contributed by atoms with Crippen LogP contribution in [0.25, 0.3) is 10.9 Å². The molecule has 0 aliphatic heterocycles. The van der Waals surface area contributed by atoms with E-state index in [-0.39, 0.29) is 11.6 Å². The number of halogens is 4. The highest BCUT2D eigenvalue weighted by atomic mass is 35.5. The number of fused-ring (bicyclic) bond motifs is 1. The fraction of sp³-hybridized carbons (Fsp3) is 0.118. The van der Waals surface area contributed by atoms with Gasteiger partial charge in [0.05, 0.1) is 16.2 Å². The van der Waals surface area contributed by atoms with Gasteiger partial charge in [-0.2, -0.15) is 0 Å². The molecule has 0 bridgehead atoms. The lowest BCUT2D eigenvalue weighted by Crippen LogP contribution is -2.34. The van der Waals surface area contributed by atoms with Crippen LogP contribution >= 0.6 is 11.6 Å². The number of aromatic nitrogens is 2. The quantitative estimate of drug-likeness (QED) is 0.572. The van der Waals surface area contributed by atoms with E-state index >= 15 is 0 Å². The summed E-state index contributed by atoms with van der Waals surface area (Å²) >= 11 is 5.74. The maximum atomic E-state index is 12.2. The molecule has 3 rings (SSSR count). The molecule has 11 heteroatoms. The molecular weight excluding hydrogens is 401 g/mol. The summed E-state index contributed by atoms with van der Waals surface area (Å²) in [6.45, 7) is -0.117. The van der Waals surface area contributed by atoms with Crippen molar-refractivity contribution in [2.45, 2.75) is 12.9 Å². The van der Waals surface area contributed by atoms with Crippen LogP contribution in [0, 0.1) is 0 Å². The number of H-pyrrole nitrogens is 1. The maximum Gasteiger partial charge on any atom is 0.573 e. The van der Waals surface area contributed by atoms with Crippen molar-refractivity contribution in [3.05, 3.63) is 53.4 Å². The molecule has 3 aromatic rings. The van der Waals surface area contributed by atoms with E-state index in [1.807, 2.05) is 0 Å². The Hall–Kier alpha value is -3.27. The van der Waals surface area contributed by atoms with E-state index in [2.05, 4.69) is 25.3 Å². The van der Waals surface area contributed by atoms with Gasteiger partial charge in [-0.1, -0.05) is 17.7 Å². The molecule has 3 N–H and O–H groups in total. The maximum absolute atomic E-state index is 12.2. The molecule has 146 valence electrons. The van der Waals surface area contributed by atoms with Crippen LogP contribution in [0.5, 0.6) is 5.75 Å². The minimum Gasteiger partial charge on any atom is -0.404 e. The molecule has 1 aromatic carbocycles. The second kappa shape index (κ2) is 7.77. The number of benzene rings is 1. The van der Waals surface area contributed by atoms with Crippen LogP contribution < -0.4 is 15.4 Å². The Morgan fingerprint density at radius 2 is 2.00 bits per heavy atom. The minimum atomic E-state index is -4.87. The van der Waals surface area contributed by atoms with E-state index in [4.69, 9.17) is 11.6 Å². The number of carbonyl (C=O) groups is 2. The third-order valence-corrected chi connectivity index (χ3v) is 3.91. The molecule has 28 heavy (non-hydrogen) atoms. The predicted molar refractivity (Wildman–Crippen MR) is 94.7 cm³/mol. The van der Waals surface area contributed by atoms with Crippen molar-refractivity contribution in [2.75, 3.05) is 5.32 Å². The zero-order valence-electron chi connectivity index (χ0n) is 13.9. The van der Waals surface area contributed by atoms with Gasteiger partial charge in [0.15, 0.2) is 0 Å². The number of hydrogen-bond donors (Lipinski definition) is 3. The molecule has 0 radical (unpaired) electrons. The molecule has 0 aliphatic carbocycles. The van der Waals surface area contributed by atoms with Gasteiger partial charge < -0.3 is 20.4 Å². The fourth-order valence-corrected chi connectivity index (χ4v) is 2.61. The summed E-state index contributed by atoms with van der Waals surface area (Å²) in [6.07, 6.45) is -0.231. The molecule has 0 fully saturated rings. The minimum absolute atomic E-state index is 0.117. The van der Waals surface area contributed by atoms with Crippen LogP contribution in [0.15, 0.2) is 42.9 Å². The SMILES string of the molecule is O=C(NCc1ccc(OC(F)(F)F)c(Cl)c1)C(=O)Nc1c[nH]c2ccncc12. The van der Waals surface area contributed by atoms with Crippen molar-refractivity contribution >= 4 is 40.0 Å². The molecule has 0 saturated carbocycles. The molecular formula is C17H12ClF3N4O3. The highest BCUT2D eigenvalue weighted by Crippen LogP contribution is 2.30. The summed E-state index contributed by atoms with van der Waals surface area (Å²) in [5, 5.41) is 5.17. The van der Waals surface area contributed by atoms with Gasteiger partial charge >= 0.3 is 18.2 Å². The van der Waals surface area contributed by atoms with Crippen molar-refractivity contribution in [2.24, 2.45) is 0 Å². The summed E-state index contributed by atoms with van der Waals surface area (Å²) in [6, 6.07) is 5.22. The van der Waals surface area contributed by atoms with Crippen molar-refractivity contribution in [3.8, 4) is 5.75 Å². The molecule has 0 aliphatic rings. The first-order valence-electron chi connectivity index (χ1n) is 7.77. The number of anilines is 1. The van der Waals surface area contributed by atoms with Gasteiger partial charge in [-0.05, 0) is 23.8 Å². The smallest absolute Gasteiger partial charge is 0.404 e. The molecule has 7 nitrogen and oxygen atoms in total. The summed E-state index contributed by atoms with van der Waals surface area (Å²) in [4.78, 5) is 30.9. The van der Waals surface area contributed by atoms with Gasteiger partial charge in [0, 0.05) is 30.5 Å². The van der Waals surface area contributed by atoms with Crippen molar-refractivity contribution < 1.29 is 27.5 Å². The third-order valence-electron chi connectivity index (χ3n) is 3.61. The summed E-state index contributed by atoms with van der Waals surface area (Å²) in [5.41, 5.74) is 1.51. The Labute approximate surface area is 160 Å². The molecule has 0 unspecified atom stereocenters. The Morgan fingerprint density at radius 1 is 1.21 bits per heavy atom. The van der Waals surface area contributed by atoms with Gasteiger partial charge in [0.2, 0.25) is 0 Å². The predicted octanol–water partition coefficient (Wildman–Crippen LogP) is 3.37. The average molecular weight is 413 g/mol. The monoisotopic (exact) mass is 412 g/mol. The zero-order valence-corrected chi connectivity index (χ0v) is 14.7. The van der Waals surface area contributed by atoms with Crippen LogP contribution in [-0.2, 0) is 16.1 Å². The Morgan fingerprint density at radius 3 is 2.71 bits per heavy atom. The first-order chi connectivity index (χ1) is 13.2. The Kier molecular flexibility index (Phi) is 5.41. The van der Waals surface area contributed by atoms with Gasteiger partial charge in [0.1, 0.15) is 5.75 Å². The number of amides is 2. The average Bonchev–Trinajstić information content (AvgIpc) is 3.04. The van der Waals surface area contributed by atoms with Crippen LogP contribution in [-0.4, -0.2) is 28.1 Å². The van der Waals surface area contributed by atoms with E-state index in [0.29, 0.717) is 16.6 Å². The second-order valence-electron chi connectivity index (χ2n) is 5.57.